The Labute approximate surface area is 183 Å². The number of aromatic amines is 1. The quantitative estimate of drug-likeness (QED) is 0.646. The molecular formula is C21H40N2O5Si2. The van der Waals surface area contributed by atoms with Crippen LogP contribution in [0, 0.1) is 0 Å². The van der Waals surface area contributed by atoms with E-state index in [0.717, 1.165) is 0 Å². The highest BCUT2D eigenvalue weighted by Gasteiger charge is 2.46. The monoisotopic (exact) mass is 457 g/mol. The van der Waals surface area contributed by atoms with Crippen molar-refractivity contribution in [1.29, 1.82) is 0 Å². The predicted octanol–water partition coefficient (Wildman–Crippen LogP) is 4.24. The van der Waals surface area contributed by atoms with E-state index in [4.69, 9.17) is 15.0 Å². The fraction of sp³-hybridized carbons (Fsp3) is 0.810. The van der Waals surface area contributed by atoms with Gasteiger partial charge in [0.15, 0.2) is 16.6 Å². The van der Waals surface area contributed by atoms with Gasteiger partial charge >= 0.3 is 5.69 Å². The van der Waals surface area contributed by atoms with Gasteiger partial charge in [-0.15, -0.1) is 0 Å². The summed E-state index contributed by atoms with van der Waals surface area (Å²) >= 11 is 0. The van der Waals surface area contributed by atoms with E-state index in [0.29, 0.717) is 13.0 Å². The van der Waals surface area contributed by atoms with E-state index < -0.39 is 34.1 Å². The third kappa shape index (κ3) is 5.61. The zero-order valence-electron chi connectivity index (χ0n) is 21.2. The van der Waals surface area contributed by atoms with E-state index in [1.165, 1.54) is 10.8 Å². The van der Waals surface area contributed by atoms with E-state index in [2.05, 4.69) is 72.7 Å². The minimum Gasteiger partial charge on any atom is -0.414 e. The third-order valence-corrected chi connectivity index (χ3v) is 16.0. The SMILES string of the molecule is [2H]c1cn([C@H]2C[C@H](O[Si](C)(C)C(C)(C)C)[C@@H](CO[Si](C)(C)C(C)(C)C)O2)c(=O)[nH]c1=O. The molecule has 1 fully saturated rings. The average molecular weight is 458 g/mol. The predicted molar refractivity (Wildman–Crippen MR) is 125 cm³/mol. The van der Waals surface area contributed by atoms with Crippen LogP contribution in [0.25, 0.3) is 0 Å². The van der Waals surface area contributed by atoms with Crippen LogP contribution in [-0.4, -0.2) is 45.0 Å². The number of nitrogens with one attached hydrogen (secondary N) is 1. The molecule has 0 radical (unpaired) electrons. The Morgan fingerprint density at radius 2 is 1.70 bits per heavy atom. The molecule has 0 spiro atoms. The van der Waals surface area contributed by atoms with E-state index >= 15 is 0 Å². The molecule has 2 heterocycles. The first-order chi connectivity index (χ1) is 13.9. The van der Waals surface area contributed by atoms with Crippen molar-refractivity contribution >= 4 is 16.6 Å². The molecule has 1 aliphatic rings. The topological polar surface area (TPSA) is 82.6 Å². The van der Waals surface area contributed by atoms with E-state index in [1.807, 2.05) is 0 Å². The van der Waals surface area contributed by atoms with Gasteiger partial charge in [-0.3, -0.25) is 14.3 Å². The molecule has 0 amide bonds. The zero-order chi connectivity index (χ0) is 24.0. The van der Waals surface area contributed by atoms with E-state index in [1.54, 1.807) is 0 Å². The lowest BCUT2D eigenvalue weighted by Gasteiger charge is -2.40. The minimum absolute atomic E-state index is 0.0269. The smallest absolute Gasteiger partial charge is 0.330 e. The second kappa shape index (κ2) is 8.50. The number of hydrogen-bond acceptors (Lipinski definition) is 5. The van der Waals surface area contributed by atoms with Crippen molar-refractivity contribution in [1.82, 2.24) is 9.55 Å². The van der Waals surface area contributed by atoms with Crippen LogP contribution in [0.1, 0.15) is 55.6 Å². The zero-order valence-corrected chi connectivity index (χ0v) is 22.2. The van der Waals surface area contributed by atoms with Crippen LogP contribution in [0.4, 0.5) is 0 Å². The number of ether oxygens (including phenoxy) is 1. The number of hydrogen-bond donors (Lipinski definition) is 1. The lowest BCUT2D eigenvalue weighted by Crippen LogP contribution is -2.48. The molecule has 0 aromatic carbocycles. The molecule has 30 heavy (non-hydrogen) atoms. The Balaban J connectivity index is 2.32. The number of aromatic nitrogens is 2. The van der Waals surface area contributed by atoms with Crippen molar-refractivity contribution in [2.45, 2.75) is 103 Å². The summed E-state index contributed by atoms with van der Waals surface area (Å²) in [5.41, 5.74) is -1.28. The molecule has 0 unspecified atom stereocenters. The Bertz CT molecular complexity index is 899. The van der Waals surface area contributed by atoms with Gasteiger partial charge in [0, 0.05) is 18.7 Å². The summed E-state index contributed by atoms with van der Waals surface area (Å²) in [6.07, 6.45) is 0.525. The van der Waals surface area contributed by atoms with Gasteiger partial charge in [-0.1, -0.05) is 41.5 Å². The Kier molecular flexibility index (Phi) is 6.70. The van der Waals surface area contributed by atoms with Crippen LogP contribution >= 0.6 is 0 Å². The highest BCUT2D eigenvalue weighted by atomic mass is 28.4. The molecule has 3 atom stereocenters. The molecule has 7 nitrogen and oxygen atoms in total. The second-order valence-corrected chi connectivity index (χ2v) is 20.9. The van der Waals surface area contributed by atoms with Crippen LogP contribution < -0.4 is 11.2 Å². The van der Waals surface area contributed by atoms with Crippen molar-refractivity contribution in [3.8, 4) is 0 Å². The van der Waals surface area contributed by atoms with Crippen LogP contribution in [0.15, 0.2) is 21.8 Å². The van der Waals surface area contributed by atoms with Gasteiger partial charge in [0.1, 0.15) is 12.3 Å². The highest BCUT2D eigenvalue weighted by Crippen LogP contribution is 2.42. The maximum atomic E-state index is 12.4. The molecule has 2 rings (SSSR count). The van der Waals surface area contributed by atoms with Gasteiger partial charge in [-0.05, 0) is 36.3 Å². The molecule has 1 saturated heterocycles. The van der Waals surface area contributed by atoms with Crippen molar-refractivity contribution < 1.29 is 15.0 Å². The lowest BCUT2D eigenvalue weighted by molar-refractivity contribution is -0.0412. The van der Waals surface area contributed by atoms with E-state index in [-0.39, 0.29) is 28.3 Å². The maximum Gasteiger partial charge on any atom is 0.330 e. The van der Waals surface area contributed by atoms with Gasteiger partial charge in [0.25, 0.3) is 5.56 Å². The second-order valence-electron chi connectivity index (χ2n) is 11.3. The summed E-state index contributed by atoms with van der Waals surface area (Å²) < 4.78 is 28.4. The van der Waals surface area contributed by atoms with Crippen molar-refractivity contribution in [2.75, 3.05) is 6.61 Å². The van der Waals surface area contributed by atoms with Crippen LogP contribution in [0.5, 0.6) is 0 Å². The third-order valence-electron chi connectivity index (χ3n) is 6.95. The van der Waals surface area contributed by atoms with Crippen molar-refractivity contribution in [3.05, 3.63) is 33.1 Å². The summed E-state index contributed by atoms with van der Waals surface area (Å²) in [4.78, 5) is 26.2. The molecule has 0 aliphatic carbocycles. The van der Waals surface area contributed by atoms with E-state index in [9.17, 15) is 9.59 Å². The summed E-state index contributed by atoms with van der Waals surface area (Å²) in [6.45, 7) is 22.3. The highest BCUT2D eigenvalue weighted by molar-refractivity contribution is 6.74. The van der Waals surface area contributed by atoms with Crippen LogP contribution in [0.2, 0.25) is 36.3 Å². The molecule has 1 aromatic heterocycles. The molecule has 1 aromatic rings. The van der Waals surface area contributed by atoms with Crippen LogP contribution in [-0.2, 0) is 13.6 Å². The fourth-order valence-corrected chi connectivity index (χ4v) is 5.18. The number of H-pyrrole nitrogens is 1. The molecule has 0 bridgehead atoms. The summed E-state index contributed by atoms with van der Waals surface area (Å²) in [5, 5.41) is 0.0931. The van der Waals surface area contributed by atoms with Crippen LogP contribution in [0.3, 0.4) is 0 Å². The molecular weight excluding hydrogens is 416 g/mol. The minimum atomic E-state index is -2.09. The largest absolute Gasteiger partial charge is 0.414 e. The lowest BCUT2D eigenvalue weighted by atomic mass is 10.2. The first-order valence-corrected chi connectivity index (χ1v) is 16.5. The Hall–Kier alpha value is -1.01. The number of rotatable bonds is 6. The molecule has 1 aliphatic heterocycles. The molecule has 0 saturated carbocycles. The normalized spacial score (nSPS) is 24.2. The number of nitrogens with zero attached hydrogens (tertiary/aromatic N) is 1. The first kappa shape index (κ1) is 23.7. The summed E-state index contributed by atoms with van der Waals surface area (Å²) in [5.74, 6) is 0. The van der Waals surface area contributed by atoms with Gasteiger partial charge in [-0.25, -0.2) is 4.79 Å². The van der Waals surface area contributed by atoms with Gasteiger partial charge in [-0.2, -0.15) is 0 Å². The standard InChI is InChI=1S/C21H40N2O5Si2/c1-20(2,3)29(7,8)26-14-16-15(28-30(9,10)21(4,5)6)13-18(27-16)23-12-11-17(24)22-19(23)25/h11-12,15-16,18H,13-14H2,1-10H3,(H,22,24,25)/t15-,16+,18+/m0/s1/i11D. The Morgan fingerprint density at radius 1 is 1.13 bits per heavy atom. The Morgan fingerprint density at radius 3 is 2.23 bits per heavy atom. The molecule has 1 N–H and O–H groups in total. The maximum absolute atomic E-state index is 12.4. The average Bonchev–Trinajstić information content (AvgIpc) is 2.96. The fourth-order valence-electron chi connectivity index (χ4n) is 2.81. The van der Waals surface area contributed by atoms with Crippen molar-refractivity contribution in [2.24, 2.45) is 0 Å². The van der Waals surface area contributed by atoms with Gasteiger partial charge in [0.05, 0.1) is 14.1 Å². The summed E-state index contributed by atoms with van der Waals surface area (Å²) in [7, 11) is -4.09. The van der Waals surface area contributed by atoms with Gasteiger partial charge < -0.3 is 13.6 Å². The molecule has 172 valence electrons. The first-order valence-electron chi connectivity index (χ1n) is 11.1. The van der Waals surface area contributed by atoms with Crippen molar-refractivity contribution in [3.63, 3.8) is 0 Å². The summed E-state index contributed by atoms with van der Waals surface area (Å²) in [6, 6.07) is -0.272. The van der Waals surface area contributed by atoms with Gasteiger partial charge in [0.2, 0.25) is 0 Å². The molecule has 9 heteroatoms.